The number of benzene rings is 1. The Labute approximate surface area is 154 Å². The number of pyridine rings is 1. The monoisotopic (exact) mass is 361 g/mol. The van der Waals surface area contributed by atoms with Crippen molar-refractivity contribution in [2.75, 3.05) is 0 Å². The van der Waals surface area contributed by atoms with Gasteiger partial charge in [0.1, 0.15) is 11.8 Å². The third-order valence-electron chi connectivity index (χ3n) is 4.86. The van der Waals surface area contributed by atoms with E-state index in [2.05, 4.69) is 28.2 Å². The maximum atomic E-state index is 11.8. The summed E-state index contributed by atoms with van der Waals surface area (Å²) in [6, 6.07) is 10.2. The number of thioether (sulfide) groups is 1. The van der Waals surface area contributed by atoms with Gasteiger partial charge >= 0.3 is 0 Å². The number of fused-ring (bicyclic) bond motifs is 2. The van der Waals surface area contributed by atoms with E-state index in [1.807, 2.05) is 16.7 Å². The van der Waals surface area contributed by atoms with Crippen molar-refractivity contribution in [2.45, 2.75) is 25.7 Å². The summed E-state index contributed by atoms with van der Waals surface area (Å²) in [5, 5.41) is -0.106. The Hall–Kier alpha value is -2.73. The maximum Gasteiger partial charge on any atom is 0.201 e. The number of Topliss-reactive ketones (excluding diaryl/α,β-unsaturated/α-hetero) is 1. The molecule has 0 amide bonds. The predicted molar refractivity (Wildman–Crippen MR) is 101 cm³/mol. The summed E-state index contributed by atoms with van der Waals surface area (Å²) in [5.41, 5.74) is 6.08. The summed E-state index contributed by atoms with van der Waals surface area (Å²) >= 11 is 1.00. The van der Waals surface area contributed by atoms with Crippen LogP contribution in [-0.2, 0) is 22.4 Å². The quantitative estimate of drug-likeness (QED) is 0.516. The Morgan fingerprint density at radius 1 is 1.08 bits per heavy atom. The zero-order chi connectivity index (χ0) is 17.7. The van der Waals surface area contributed by atoms with Gasteiger partial charge in [-0.05, 0) is 72.5 Å². The minimum Gasteiger partial charge on any atom is -0.293 e. The van der Waals surface area contributed by atoms with Crippen molar-refractivity contribution in [1.29, 1.82) is 0 Å². The molecule has 0 atom stereocenters. The highest BCUT2D eigenvalue weighted by molar-refractivity contribution is 8.18. The highest BCUT2D eigenvalue weighted by atomic mass is 32.2. The number of imidazole rings is 1. The summed E-state index contributed by atoms with van der Waals surface area (Å²) in [5.74, 6) is -0.131. The van der Waals surface area contributed by atoms with Crippen molar-refractivity contribution in [3.63, 3.8) is 0 Å². The second kappa shape index (κ2) is 5.92. The van der Waals surface area contributed by atoms with E-state index in [-0.39, 0.29) is 17.3 Å². The largest absolute Gasteiger partial charge is 0.293 e. The van der Waals surface area contributed by atoms with Crippen LogP contribution in [0.25, 0.3) is 22.9 Å². The minimum atomic E-state index is -0.131. The Balaban J connectivity index is 1.59. The van der Waals surface area contributed by atoms with Crippen molar-refractivity contribution in [3.05, 3.63) is 58.4 Å². The second-order valence-electron chi connectivity index (χ2n) is 6.58. The lowest BCUT2D eigenvalue weighted by Gasteiger charge is -2.07. The van der Waals surface area contributed by atoms with Gasteiger partial charge in [0.15, 0.2) is 11.4 Å². The van der Waals surface area contributed by atoms with Gasteiger partial charge in [-0.1, -0.05) is 6.07 Å². The number of allylic oxidation sites excluding steroid dienone is 1. The topological polar surface area (TPSA) is 64.8 Å². The van der Waals surface area contributed by atoms with Gasteiger partial charge in [-0.2, -0.15) is 0 Å². The fourth-order valence-electron chi connectivity index (χ4n) is 3.56. The molecule has 1 aromatic carbocycles. The normalized spacial score (nSPS) is 18.2. The van der Waals surface area contributed by atoms with Gasteiger partial charge in [0.25, 0.3) is 0 Å². The van der Waals surface area contributed by atoms with E-state index in [4.69, 9.17) is 0 Å². The van der Waals surface area contributed by atoms with Crippen LogP contribution in [0.5, 0.6) is 0 Å². The highest BCUT2D eigenvalue weighted by Gasteiger charge is 2.26. The van der Waals surface area contributed by atoms with E-state index >= 15 is 0 Å². The first-order valence-electron chi connectivity index (χ1n) is 8.59. The molecular weight excluding hydrogens is 346 g/mol. The Morgan fingerprint density at radius 3 is 2.81 bits per heavy atom. The van der Waals surface area contributed by atoms with E-state index in [0.29, 0.717) is 10.6 Å². The zero-order valence-corrected chi connectivity index (χ0v) is 14.8. The average molecular weight is 361 g/mol. The summed E-state index contributed by atoms with van der Waals surface area (Å²) < 4.78 is 1.98. The molecule has 0 saturated carbocycles. The number of rotatable bonds is 2. The SMILES string of the molecule is O=C1CC(=O)/C(=C/c2ccc3ncn(-c4ccc5c(c4)CCC5)c3n2)S1. The van der Waals surface area contributed by atoms with Crippen molar-refractivity contribution < 1.29 is 9.59 Å². The second-order valence-corrected chi connectivity index (χ2v) is 7.68. The summed E-state index contributed by atoms with van der Waals surface area (Å²) in [6.07, 6.45) is 6.94. The van der Waals surface area contributed by atoms with Gasteiger partial charge < -0.3 is 0 Å². The summed E-state index contributed by atoms with van der Waals surface area (Å²) in [7, 11) is 0. The van der Waals surface area contributed by atoms with Gasteiger partial charge in [0.2, 0.25) is 5.12 Å². The number of carbonyl (C=O) groups is 2. The van der Waals surface area contributed by atoms with Crippen molar-refractivity contribution in [1.82, 2.24) is 14.5 Å². The fourth-order valence-corrected chi connectivity index (χ4v) is 4.38. The van der Waals surface area contributed by atoms with Crippen molar-refractivity contribution in [2.24, 2.45) is 0 Å². The first kappa shape index (κ1) is 15.5. The van der Waals surface area contributed by atoms with Gasteiger partial charge in [0, 0.05) is 5.69 Å². The van der Waals surface area contributed by atoms with E-state index in [9.17, 15) is 9.59 Å². The maximum absolute atomic E-state index is 11.8. The van der Waals surface area contributed by atoms with E-state index < -0.39 is 0 Å². The van der Waals surface area contributed by atoms with Crippen LogP contribution in [0.2, 0.25) is 0 Å². The molecule has 0 N–H and O–H groups in total. The van der Waals surface area contributed by atoms with Gasteiger partial charge in [0.05, 0.1) is 17.0 Å². The zero-order valence-electron chi connectivity index (χ0n) is 13.9. The fraction of sp³-hybridized carbons (Fsp3) is 0.200. The van der Waals surface area contributed by atoms with E-state index in [0.717, 1.165) is 41.5 Å². The van der Waals surface area contributed by atoms with Crippen LogP contribution in [0.1, 0.15) is 29.7 Å². The predicted octanol–water partition coefficient (Wildman–Crippen LogP) is 3.48. The lowest BCUT2D eigenvalue weighted by molar-refractivity contribution is -0.119. The van der Waals surface area contributed by atoms with Crippen molar-refractivity contribution >= 4 is 39.9 Å². The lowest BCUT2D eigenvalue weighted by atomic mass is 10.1. The molecule has 5 rings (SSSR count). The molecule has 2 aromatic heterocycles. The standard InChI is InChI=1S/C20H15N3O2S/c24-17-10-19(25)26-18(17)9-14-5-7-16-20(22-14)23(11-21-16)15-6-4-12-2-1-3-13(12)8-15/h4-9,11H,1-3,10H2/b18-9-. The van der Waals surface area contributed by atoms with Gasteiger partial charge in [-0.25, -0.2) is 9.97 Å². The molecule has 3 heterocycles. The summed E-state index contributed by atoms with van der Waals surface area (Å²) in [4.78, 5) is 32.8. The molecule has 0 radical (unpaired) electrons. The molecule has 1 aliphatic heterocycles. The van der Waals surface area contributed by atoms with Gasteiger partial charge in [-0.15, -0.1) is 0 Å². The molecule has 3 aromatic rings. The molecule has 1 fully saturated rings. The Bertz CT molecular complexity index is 1110. The molecule has 26 heavy (non-hydrogen) atoms. The number of hydrogen-bond acceptors (Lipinski definition) is 5. The van der Waals surface area contributed by atoms with Crippen LogP contribution < -0.4 is 0 Å². The average Bonchev–Trinajstić information content (AvgIpc) is 3.33. The number of ketones is 1. The van der Waals surface area contributed by atoms with E-state index in [1.165, 1.54) is 17.5 Å². The molecule has 5 nitrogen and oxygen atoms in total. The van der Waals surface area contributed by atoms with Gasteiger partial charge in [-0.3, -0.25) is 14.2 Å². The van der Waals surface area contributed by atoms with Crippen LogP contribution in [0.4, 0.5) is 0 Å². The number of hydrogen-bond donors (Lipinski definition) is 0. The van der Waals surface area contributed by atoms with Crippen LogP contribution in [-0.4, -0.2) is 25.4 Å². The minimum absolute atomic E-state index is 0.0220. The Morgan fingerprint density at radius 2 is 1.96 bits per heavy atom. The molecule has 0 spiro atoms. The third kappa shape index (κ3) is 2.57. The molecule has 6 heteroatoms. The smallest absolute Gasteiger partial charge is 0.201 e. The molecule has 1 saturated heterocycles. The summed E-state index contributed by atoms with van der Waals surface area (Å²) in [6.45, 7) is 0. The number of nitrogens with zero attached hydrogens (tertiary/aromatic N) is 3. The lowest BCUT2D eigenvalue weighted by Crippen LogP contribution is -1.97. The molecule has 0 bridgehead atoms. The molecule has 1 aliphatic carbocycles. The van der Waals surface area contributed by atoms with Crippen LogP contribution in [0, 0.1) is 0 Å². The molecule has 0 unspecified atom stereocenters. The molecule has 128 valence electrons. The first-order valence-corrected chi connectivity index (χ1v) is 9.41. The van der Waals surface area contributed by atoms with Crippen molar-refractivity contribution in [3.8, 4) is 5.69 Å². The number of carbonyl (C=O) groups excluding carboxylic acids is 2. The van der Waals surface area contributed by atoms with Crippen LogP contribution in [0.15, 0.2) is 41.6 Å². The first-order chi connectivity index (χ1) is 12.7. The van der Waals surface area contributed by atoms with Crippen LogP contribution in [0.3, 0.4) is 0 Å². The number of aryl methyl sites for hydroxylation is 2. The number of aromatic nitrogens is 3. The van der Waals surface area contributed by atoms with E-state index in [1.54, 1.807) is 12.4 Å². The highest BCUT2D eigenvalue weighted by Crippen LogP contribution is 2.31. The third-order valence-corrected chi connectivity index (χ3v) is 5.80. The molecule has 2 aliphatic rings. The molecular formula is C20H15N3O2S. The van der Waals surface area contributed by atoms with Crippen LogP contribution >= 0.6 is 11.8 Å². The Kier molecular flexibility index (Phi) is 3.53.